The number of methoxy groups -OCH3 is 2. The van der Waals surface area contributed by atoms with E-state index in [1.807, 2.05) is 36.5 Å². The number of aliphatic imine (C=N–C) groups is 1. The number of nitrogens with zero attached hydrogens (tertiary/aromatic N) is 1. The first-order valence-corrected chi connectivity index (χ1v) is 6.05. The van der Waals surface area contributed by atoms with Crippen LogP contribution >= 0.6 is 0 Å². The largest absolute Gasteiger partial charge is 0.497 e. The highest BCUT2D eigenvalue weighted by Gasteiger charge is 2.02. The molecule has 0 radical (unpaired) electrons. The number of hydrogen-bond donors (Lipinski definition) is 0. The summed E-state index contributed by atoms with van der Waals surface area (Å²) in [6.45, 7) is 2.06. The quantitative estimate of drug-likeness (QED) is 0.779. The topological polar surface area (TPSA) is 30.8 Å². The highest BCUT2D eigenvalue weighted by Crippen LogP contribution is 2.31. The van der Waals surface area contributed by atoms with Gasteiger partial charge < -0.3 is 9.47 Å². The van der Waals surface area contributed by atoms with Gasteiger partial charge in [0.25, 0.3) is 0 Å². The van der Waals surface area contributed by atoms with Gasteiger partial charge in [-0.3, -0.25) is 4.99 Å². The van der Waals surface area contributed by atoms with Crippen LogP contribution < -0.4 is 9.47 Å². The van der Waals surface area contributed by atoms with Crippen LogP contribution in [0.3, 0.4) is 0 Å². The lowest BCUT2D eigenvalue weighted by molar-refractivity contribution is 0.404. The average molecular weight is 255 g/mol. The molecule has 2 aromatic rings. The molecule has 0 atom stereocenters. The zero-order valence-corrected chi connectivity index (χ0v) is 11.4. The van der Waals surface area contributed by atoms with E-state index in [9.17, 15) is 0 Å². The predicted molar refractivity (Wildman–Crippen MR) is 78.0 cm³/mol. The molecule has 19 heavy (non-hydrogen) atoms. The summed E-state index contributed by atoms with van der Waals surface area (Å²) in [6, 6.07) is 13.7. The first kappa shape index (κ1) is 13.1. The summed E-state index contributed by atoms with van der Waals surface area (Å²) in [7, 11) is 3.27. The van der Waals surface area contributed by atoms with E-state index >= 15 is 0 Å². The molecule has 2 aromatic carbocycles. The highest BCUT2D eigenvalue weighted by molar-refractivity contribution is 5.82. The fraction of sp³-hybridized carbons (Fsp3) is 0.188. The van der Waals surface area contributed by atoms with Crippen molar-refractivity contribution in [3.05, 3.63) is 53.6 Å². The van der Waals surface area contributed by atoms with E-state index in [-0.39, 0.29) is 0 Å². The number of aryl methyl sites for hydroxylation is 1. The Balaban J connectivity index is 2.28. The minimum atomic E-state index is 0.726. The summed E-state index contributed by atoms with van der Waals surface area (Å²) >= 11 is 0. The second kappa shape index (κ2) is 6.05. The Kier molecular flexibility index (Phi) is 4.18. The lowest BCUT2D eigenvalue weighted by atomic mass is 10.2. The van der Waals surface area contributed by atoms with Gasteiger partial charge in [-0.1, -0.05) is 29.8 Å². The maximum Gasteiger partial charge on any atom is 0.144 e. The van der Waals surface area contributed by atoms with Crippen molar-refractivity contribution < 1.29 is 9.47 Å². The first-order chi connectivity index (χ1) is 9.22. The molecule has 0 aliphatic heterocycles. The lowest BCUT2D eigenvalue weighted by Crippen LogP contribution is -1.87. The molecule has 0 heterocycles. The Hall–Kier alpha value is -2.29. The van der Waals surface area contributed by atoms with Gasteiger partial charge in [0.05, 0.1) is 14.2 Å². The van der Waals surface area contributed by atoms with Crippen LogP contribution in [0, 0.1) is 6.92 Å². The van der Waals surface area contributed by atoms with E-state index in [0.29, 0.717) is 0 Å². The summed E-state index contributed by atoms with van der Waals surface area (Å²) in [5, 5.41) is 0. The molecule has 0 N–H and O–H groups in total. The van der Waals surface area contributed by atoms with Crippen molar-refractivity contribution >= 4 is 11.9 Å². The summed E-state index contributed by atoms with van der Waals surface area (Å²) in [5.74, 6) is 1.49. The molecule has 3 nitrogen and oxygen atoms in total. The van der Waals surface area contributed by atoms with Gasteiger partial charge in [-0.2, -0.15) is 0 Å². The van der Waals surface area contributed by atoms with Crippen molar-refractivity contribution in [2.24, 2.45) is 4.99 Å². The Bertz CT molecular complexity index is 574. The van der Waals surface area contributed by atoms with Crippen LogP contribution in [0.25, 0.3) is 0 Å². The Morgan fingerprint density at radius 1 is 0.947 bits per heavy atom. The zero-order valence-electron chi connectivity index (χ0n) is 11.4. The molecule has 0 spiro atoms. The van der Waals surface area contributed by atoms with Crippen LogP contribution in [-0.4, -0.2) is 20.4 Å². The molecule has 0 aliphatic rings. The van der Waals surface area contributed by atoms with Crippen LogP contribution in [0.1, 0.15) is 11.1 Å². The molecule has 0 saturated heterocycles. The molecular weight excluding hydrogens is 238 g/mol. The van der Waals surface area contributed by atoms with E-state index in [0.717, 1.165) is 22.7 Å². The third-order valence-corrected chi connectivity index (χ3v) is 2.82. The molecule has 2 rings (SSSR count). The van der Waals surface area contributed by atoms with Crippen molar-refractivity contribution in [2.45, 2.75) is 6.92 Å². The van der Waals surface area contributed by atoms with Gasteiger partial charge in [0.2, 0.25) is 0 Å². The molecule has 0 unspecified atom stereocenters. The minimum absolute atomic E-state index is 0.726. The molecular formula is C16H17NO2. The van der Waals surface area contributed by atoms with Crippen molar-refractivity contribution in [3.8, 4) is 11.5 Å². The monoisotopic (exact) mass is 255 g/mol. The molecule has 0 bridgehead atoms. The van der Waals surface area contributed by atoms with Crippen LogP contribution in [0.2, 0.25) is 0 Å². The fourth-order valence-corrected chi connectivity index (χ4v) is 1.69. The van der Waals surface area contributed by atoms with E-state index < -0.39 is 0 Å². The van der Waals surface area contributed by atoms with E-state index in [2.05, 4.69) is 24.0 Å². The van der Waals surface area contributed by atoms with E-state index in [1.54, 1.807) is 14.2 Å². The summed E-state index contributed by atoms with van der Waals surface area (Å²) in [4.78, 5) is 4.46. The van der Waals surface area contributed by atoms with Crippen LogP contribution in [0.15, 0.2) is 47.5 Å². The molecule has 0 aliphatic carbocycles. The number of benzene rings is 2. The predicted octanol–water partition coefficient (Wildman–Crippen LogP) is 3.76. The highest BCUT2D eigenvalue weighted by atomic mass is 16.5. The number of ether oxygens (including phenoxy) is 2. The maximum atomic E-state index is 5.28. The second-order valence-electron chi connectivity index (χ2n) is 4.21. The van der Waals surface area contributed by atoms with Gasteiger partial charge in [-0.15, -0.1) is 0 Å². The summed E-state index contributed by atoms with van der Waals surface area (Å²) in [6.07, 6.45) is 1.82. The third kappa shape index (κ3) is 3.35. The standard InChI is InChI=1S/C16H17NO2/c1-12-4-6-13(7-5-12)11-17-15-10-14(18-2)8-9-16(15)19-3/h4-11H,1-3H3. The van der Waals surface area contributed by atoms with Crippen molar-refractivity contribution in [1.82, 2.24) is 0 Å². The lowest BCUT2D eigenvalue weighted by Gasteiger charge is -2.06. The summed E-state index contributed by atoms with van der Waals surface area (Å²) < 4.78 is 10.5. The van der Waals surface area contributed by atoms with E-state index in [1.165, 1.54) is 5.56 Å². The molecule has 0 aromatic heterocycles. The van der Waals surface area contributed by atoms with Gasteiger partial charge in [0, 0.05) is 12.3 Å². The number of rotatable bonds is 4. The van der Waals surface area contributed by atoms with E-state index in [4.69, 9.17) is 9.47 Å². The summed E-state index contributed by atoms with van der Waals surface area (Å²) in [5.41, 5.74) is 3.04. The Labute approximate surface area is 113 Å². The van der Waals surface area contributed by atoms with Crippen molar-refractivity contribution in [3.63, 3.8) is 0 Å². The molecule has 0 saturated carbocycles. The van der Waals surface area contributed by atoms with Crippen LogP contribution in [-0.2, 0) is 0 Å². The van der Waals surface area contributed by atoms with Gasteiger partial charge >= 0.3 is 0 Å². The van der Waals surface area contributed by atoms with Gasteiger partial charge in [0.1, 0.15) is 17.2 Å². The van der Waals surface area contributed by atoms with Gasteiger partial charge in [0.15, 0.2) is 0 Å². The third-order valence-electron chi connectivity index (χ3n) is 2.82. The van der Waals surface area contributed by atoms with Crippen LogP contribution in [0.4, 0.5) is 5.69 Å². The molecule has 0 fully saturated rings. The van der Waals surface area contributed by atoms with Crippen LogP contribution in [0.5, 0.6) is 11.5 Å². The fourth-order valence-electron chi connectivity index (χ4n) is 1.69. The Morgan fingerprint density at radius 3 is 2.32 bits per heavy atom. The average Bonchev–Trinajstić information content (AvgIpc) is 2.46. The smallest absolute Gasteiger partial charge is 0.144 e. The zero-order chi connectivity index (χ0) is 13.7. The number of hydrogen-bond acceptors (Lipinski definition) is 3. The maximum absolute atomic E-state index is 5.28. The van der Waals surface area contributed by atoms with Crippen molar-refractivity contribution in [2.75, 3.05) is 14.2 Å². The molecule has 3 heteroatoms. The van der Waals surface area contributed by atoms with Crippen molar-refractivity contribution in [1.29, 1.82) is 0 Å². The second-order valence-corrected chi connectivity index (χ2v) is 4.21. The minimum Gasteiger partial charge on any atom is -0.497 e. The normalized spacial score (nSPS) is 10.7. The molecule has 0 amide bonds. The van der Waals surface area contributed by atoms with Gasteiger partial charge in [-0.05, 0) is 24.6 Å². The first-order valence-electron chi connectivity index (χ1n) is 6.05. The van der Waals surface area contributed by atoms with Gasteiger partial charge in [-0.25, -0.2) is 0 Å². The Morgan fingerprint density at radius 2 is 1.68 bits per heavy atom. The molecule has 98 valence electrons. The SMILES string of the molecule is COc1ccc(OC)c(N=Cc2ccc(C)cc2)c1.